The van der Waals surface area contributed by atoms with Crippen LogP contribution < -0.4 is 5.49 Å². The van der Waals surface area contributed by atoms with Crippen LogP contribution in [0.4, 0.5) is 0 Å². The number of ether oxygens (including phenoxy) is 4. The Bertz CT molecular complexity index is 2240. The van der Waals surface area contributed by atoms with E-state index in [1.807, 2.05) is 0 Å². The molecule has 0 radical (unpaired) electrons. The molecule has 1 amide bonds. The summed E-state index contributed by atoms with van der Waals surface area (Å²) in [5.41, 5.74) is 1.74. The molecule has 13 nitrogen and oxygen atoms in total. The number of aromatic nitrogens is 4. The molecular weight excluding hydrogens is 654 g/mol. The van der Waals surface area contributed by atoms with E-state index in [-0.39, 0.29) is 34.4 Å². The van der Waals surface area contributed by atoms with E-state index in [1.54, 1.807) is 121 Å². The molecule has 51 heavy (non-hydrogen) atoms. The molecule has 0 bridgehead atoms. The third-order valence-corrected chi connectivity index (χ3v) is 8.07. The van der Waals surface area contributed by atoms with Gasteiger partial charge in [0.2, 0.25) is 0 Å². The summed E-state index contributed by atoms with van der Waals surface area (Å²) in [6, 6.07) is 33.4. The summed E-state index contributed by atoms with van der Waals surface area (Å²) in [5, 5.41) is 0. The number of amides is 1. The SMILES string of the molecule is O=C(N=c1ncn([C@@H]2O[C@H](COC(=O)c3ccccc3)[C@@H](OC(=O)c3ccccc3)[C@H]2OC(=O)c2ccccc2)c2nc[nH]c12)c1ccccc1. The van der Waals surface area contributed by atoms with Gasteiger partial charge < -0.3 is 23.9 Å². The molecular formula is C38H29N5O8. The van der Waals surface area contributed by atoms with Crippen LogP contribution in [0.15, 0.2) is 139 Å². The maximum atomic E-state index is 13.6. The van der Waals surface area contributed by atoms with Gasteiger partial charge in [0.15, 0.2) is 29.6 Å². The van der Waals surface area contributed by atoms with Crippen LogP contribution in [0.1, 0.15) is 47.7 Å². The van der Waals surface area contributed by atoms with Crippen LogP contribution in [0, 0.1) is 0 Å². The predicted molar refractivity (Wildman–Crippen MR) is 180 cm³/mol. The van der Waals surface area contributed by atoms with Crippen molar-refractivity contribution in [2.75, 3.05) is 6.61 Å². The first-order valence-corrected chi connectivity index (χ1v) is 15.9. The number of hydrogen-bond acceptors (Lipinski definition) is 10. The molecule has 2 aromatic heterocycles. The summed E-state index contributed by atoms with van der Waals surface area (Å²) < 4.78 is 25.6. The van der Waals surface area contributed by atoms with E-state index < -0.39 is 48.4 Å². The van der Waals surface area contributed by atoms with Gasteiger partial charge in [0.05, 0.1) is 23.0 Å². The molecule has 3 heterocycles. The summed E-state index contributed by atoms with van der Waals surface area (Å²) in [7, 11) is 0. The predicted octanol–water partition coefficient (Wildman–Crippen LogP) is 4.71. The second kappa shape index (κ2) is 14.8. The fourth-order valence-electron chi connectivity index (χ4n) is 5.58. The van der Waals surface area contributed by atoms with Crippen LogP contribution >= 0.6 is 0 Å². The van der Waals surface area contributed by atoms with Crippen molar-refractivity contribution in [1.82, 2.24) is 19.5 Å². The Balaban J connectivity index is 1.28. The zero-order chi connectivity index (χ0) is 35.2. The molecule has 0 saturated carbocycles. The highest BCUT2D eigenvalue weighted by atomic mass is 16.7. The first-order valence-electron chi connectivity index (χ1n) is 15.9. The number of esters is 3. The quantitative estimate of drug-likeness (QED) is 0.167. The largest absolute Gasteiger partial charge is 0.459 e. The lowest BCUT2D eigenvalue weighted by Gasteiger charge is -2.25. The van der Waals surface area contributed by atoms with Crippen LogP contribution in [0.5, 0.6) is 0 Å². The van der Waals surface area contributed by atoms with Gasteiger partial charge in [-0.05, 0) is 48.5 Å². The molecule has 0 unspecified atom stereocenters. The van der Waals surface area contributed by atoms with Crippen molar-refractivity contribution < 1.29 is 38.1 Å². The van der Waals surface area contributed by atoms with Gasteiger partial charge in [-0.25, -0.2) is 24.4 Å². The van der Waals surface area contributed by atoms with E-state index in [4.69, 9.17) is 18.9 Å². The first-order chi connectivity index (χ1) is 25.0. The van der Waals surface area contributed by atoms with Gasteiger partial charge >= 0.3 is 17.9 Å². The molecule has 1 N–H and O–H groups in total. The second-order valence-electron chi connectivity index (χ2n) is 11.4. The maximum Gasteiger partial charge on any atom is 0.338 e. The number of carbonyl (C=O) groups is 4. The number of rotatable bonds is 9. The summed E-state index contributed by atoms with van der Waals surface area (Å²) in [5.74, 6) is -2.58. The molecule has 6 aromatic rings. The second-order valence-corrected chi connectivity index (χ2v) is 11.4. The molecule has 7 rings (SSSR count). The number of imidazole rings is 1. The Morgan fingerprint density at radius 3 is 1.75 bits per heavy atom. The van der Waals surface area contributed by atoms with Crippen molar-refractivity contribution >= 4 is 35.0 Å². The molecule has 0 spiro atoms. The van der Waals surface area contributed by atoms with Crippen LogP contribution in [0.3, 0.4) is 0 Å². The van der Waals surface area contributed by atoms with E-state index >= 15 is 0 Å². The smallest absolute Gasteiger partial charge is 0.338 e. The highest BCUT2D eigenvalue weighted by Gasteiger charge is 2.51. The molecule has 13 heteroatoms. The first kappa shape index (κ1) is 32.8. The lowest BCUT2D eigenvalue weighted by atomic mass is 10.1. The van der Waals surface area contributed by atoms with E-state index in [9.17, 15) is 19.2 Å². The summed E-state index contributed by atoms with van der Waals surface area (Å²) >= 11 is 0. The number of fused-ring (bicyclic) bond motifs is 1. The van der Waals surface area contributed by atoms with E-state index in [1.165, 1.54) is 17.2 Å². The van der Waals surface area contributed by atoms with E-state index in [2.05, 4.69) is 19.9 Å². The Labute approximate surface area is 290 Å². The number of carbonyl (C=O) groups excluding carboxylic acids is 4. The van der Waals surface area contributed by atoms with Crippen LogP contribution in [-0.2, 0) is 18.9 Å². The van der Waals surface area contributed by atoms with Crippen LogP contribution in [0.25, 0.3) is 11.2 Å². The fraction of sp³-hybridized carbons (Fsp3) is 0.132. The topological polar surface area (TPSA) is 164 Å². The van der Waals surface area contributed by atoms with Crippen molar-refractivity contribution in [2.24, 2.45) is 4.99 Å². The number of benzene rings is 4. The highest BCUT2D eigenvalue weighted by Crippen LogP contribution is 2.36. The highest BCUT2D eigenvalue weighted by molar-refractivity contribution is 5.95. The Kier molecular flexibility index (Phi) is 9.52. The van der Waals surface area contributed by atoms with Gasteiger partial charge in [-0.15, -0.1) is 0 Å². The monoisotopic (exact) mass is 683 g/mol. The summed E-state index contributed by atoms with van der Waals surface area (Å²) in [4.78, 5) is 69.0. The summed E-state index contributed by atoms with van der Waals surface area (Å²) in [6.07, 6.45) is -2.17. The summed E-state index contributed by atoms with van der Waals surface area (Å²) in [6.45, 7) is -0.368. The minimum absolute atomic E-state index is 0.0591. The molecule has 1 fully saturated rings. The van der Waals surface area contributed by atoms with Crippen molar-refractivity contribution in [3.8, 4) is 0 Å². The van der Waals surface area contributed by atoms with Gasteiger partial charge in [0.1, 0.15) is 24.6 Å². The number of nitrogens with one attached hydrogen (secondary N) is 1. The van der Waals surface area contributed by atoms with Crippen LogP contribution in [0.2, 0.25) is 0 Å². The number of H-pyrrole nitrogens is 1. The number of aromatic amines is 1. The van der Waals surface area contributed by atoms with Crippen molar-refractivity contribution in [3.63, 3.8) is 0 Å². The third-order valence-electron chi connectivity index (χ3n) is 8.07. The molecule has 0 aliphatic carbocycles. The molecule has 1 aliphatic rings. The Morgan fingerprint density at radius 2 is 1.18 bits per heavy atom. The standard InChI is InChI=1S/C38H29N5O8/c44-34(24-13-5-1-6-14-24)42-32-29-33(40-22-39-29)43(23-41-32)35-31(51-38(47)27-19-11-4-12-20-27)30(50-37(46)26-17-9-3-10-18-26)28(49-35)21-48-36(45)25-15-7-2-8-16-25/h1-20,22-23,28,30-31,35H,21H2,(H,39,40)/t28-,30-,31-,35-/m1/s1. The van der Waals surface area contributed by atoms with Crippen molar-refractivity contribution in [1.29, 1.82) is 0 Å². The zero-order valence-corrected chi connectivity index (χ0v) is 26.8. The lowest BCUT2D eigenvalue weighted by Crippen LogP contribution is -2.41. The molecule has 254 valence electrons. The average Bonchev–Trinajstić information content (AvgIpc) is 3.81. The fourth-order valence-corrected chi connectivity index (χ4v) is 5.58. The van der Waals surface area contributed by atoms with Crippen LogP contribution in [-0.4, -0.2) is 68.3 Å². The van der Waals surface area contributed by atoms with Gasteiger partial charge in [-0.2, -0.15) is 4.99 Å². The number of nitrogens with zero attached hydrogens (tertiary/aromatic N) is 4. The lowest BCUT2D eigenvalue weighted by molar-refractivity contribution is -0.0610. The molecule has 1 saturated heterocycles. The minimum Gasteiger partial charge on any atom is -0.459 e. The maximum absolute atomic E-state index is 13.6. The third kappa shape index (κ3) is 7.19. The normalized spacial score (nSPS) is 18.6. The van der Waals surface area contributed by atoms with Crippen molar-refractivity contribution in [3.05, 3.63) is 162 Å². The van der Waals surface area contributed by atoms with Crippen molar-refractivity contribution in [2.45, 2.75) is 24.5 Å². The van der Waals surface area contributed by atoms with E-state index in [0.29, 0.717) is 11.1 Å². The minimum atomic E-state index is -1.30. The Hall–Kier alpha value is -6.73. The zero-order valence-electron chi connectivity index (χ0n) is 26.8. The molecule has 1 aliphatic heterocycles. The number of hydrogen-bond donors (Lipinski definition) is 1. The van der Waals surface area contributed by atoms with Gasteiger partial charge in [0.25, 0.3) is 5.91 Å². The van der Waals surface area contributed by atoms with E-state index in [0.717, 1.165) is 0 Å². The average molecular weight is 684 g/mol. The van der Waals surface area contributed by atoms with Gasteiger partial charge in [0, 0.05) is 5.56 Å². The molecule has 4 aromatic carbocycles. The Morgan fingerprint density at radius 1 is 0.667 bits per heavy atom. The van der Waals surface area contributed by atoms with Gasteiger partial charge in [-0.1, -0.05) is 72.8 Å². The molecule has 4 atom stereocenters. The van der Waals surface area contributed by atoms with Gasteiger partial charge in [-0.3, -0.25) is 9.36 Å².